The number of nitrogens with one attached hydrogen (secondary N) is 2. The van der Waals surface area contributed by atoms with E-state index >= 15 is 0 Å². The summed E-state index contributed by atoms with van der Waals surface area (Å²) >= 11 is 8.49. The standard InChI is InChI=1S/C17H17BrN2O3S/c1-3-23-15-7-5-11(9-12(15)18)16(22)20-17(24)19-13-8-10(2)4-6-14(13)21/h4-9,21H,3H2,1-2H3,(H2,19,20,22,24). The summed E-state index contributed by atoms with van der Waals surface area (Å²) in [5.41, 5.74) is 1.83. The van der Waals surface area contributed by atoms with Gasteiger partial charge >= 0.3 is 0 Å². The monoisotopic (exact) mass is 408 g/mol. The molecule has 0 fully saturated rings. The first-order valence-electron chi connectivity index (χ1n) is 7.25. The van der Waals surface area contributed by atoms with Gasteiger partial charge in [-0.3, -0.25) is 10.1 Å². The third-order valence-corrected chi connectivity index (χ3v) is 3.95. The molecule has 0 spiro atoms. The third kappa shape index (κ3) is 4.69. The molecule has 3 N–H and O–H groups in total. The fourth-order valence-electron chi connectivity index (χ4n) is 1.99. The van der Waals surface area contributed by atoms with Crippen molar-refractivity contribution in [1.82, 2.24) is 5.32 Å². The summed E-state index contributed by atoms with van der Waals surface area (Å²) in [4.78, 5) is 12.3. The number of aromatic hydroxyl groups is 1. The van der Waals surface area contributed by atoms with Crippen LogP contribution in [0.2, 0.25) is 0 Å². The molecule has 0 bridgehead atoms. The van der Waals surface area contributed by atoms with Gasteiger partial charge in [-0.25, -0.2) is 0 Å². The van der Waals surface area contributed by atoms with Crippen molar-refractivity contribution in [3.05, 3.63) is 52.0 Å². The first-order valence-corrected chi connectivity index (χ1v) is 8.45. The quantitative estimate of drug-likeness (QED) is 0.526. The SMILES string of the molecule is CCOc1ccc(C(=O)NC(=S)Nc2cc(C)ccc2O)cc1Br. The molecule has 5 nitrogen and oxygen atoms in total. The van der Waals surface area contributed by atoms with Crippen molar-refractivity contribution in [2.75, 3.05) is 11.9 Å². The van der Waals surface area contributed by atoms with Crippen LogP contribution in [-0.4, -0.2) is 22.7 Å². The third-order valence-electron chi connectivity index (χ3n) is 3.12. The summed E-state index contributed by atoms with van der Waals surface area (Å²) < 4.78 is 6.10. The number of phenolic OH excluding ortho intramolecular Hbond substituents is 1. The number of carbonyl (C=O) groups is 1. The number of halogens is 1. The molecular weight excluding hydrogens is 392 g/mol. The van der Waals surface area contributed by atoms with Gasteiger partial charge in [0, 0.05) is 5.56 Å². The van der Waals surface area contributed by atoms with E-state index in [0.717, 1.165) is 5.56 Å². The summed E-state index contributed by atoms with van der Waals surface area (Å²) in [5.74, 6) is 0.365. The molecule has 0 heterocycles. The van der Waals surface area contributed by atoms with Gasteiger partial charge in [0.05, 0.1) is 16.8 Å². The fourth-order valence-corrected chi connectivity index (χ4v) is 2.69. The van der Waals surface area contributed by atoms with Gasteiger partial charge < -0.3 is 15.2 Å². The number of benzene rings is 2. The molecule has 0 saturated heterocycles. The molecule has 2 aromatic carbocycles. The van der Waals surface area contributed by atoms with E-state index < -0.39 is 0 Å². The highest BCUT2D eigenvalue weighted by atomic mass is 79.9. The summed E-state index contributed by atoms with van der Waals surface area (Å²) in [5, 5.41) is 15.3. The van der Waals surface area contributed by atoms with Crippen molar-refractivity contribution in [3.63, 3.8) is 0 Å². The molecule has 24 heavy (non-hydrogen) atoms. The lowest BCUT2D eigenvalue weighted by Crippen LogP contribution is -2.34. The maximum Gasteiger partial charge on any atom is 0.257 e. The van der Waals surface area contributed by atoms with Crippen LogP contribution in [0.4, 0.5) is 5.69 Å². The van der Waals surface area contributed by atoms with Crippen molar-refractivity contribution < 1.29 is 14.6 Å². The molecule has 2 aromatic rings. The van der Waals surface area contributed by atoms with E-state index in [0.29, 0.717) is 28.1 Å². The number of amides is 1. The van der Waals surface area contributed by atoms with Gasteiger partial charge in [0.15, 0.2) is 5.11 Å². The number of thiocarbonyl (C=S) groups is 1. The van der Waals surface area contributed by atoms with Crippen molar-refractivity contribution in [3.8, 4) is 11.5 Å². The molecule has 0 aliphatic carbocycles. The first kappa shape index (κ1) is 18.2. The summed E-state index contributed by atoms with van der Waals surface area (Å²) in [6.45, 7) is 4.32. The topological polar surface area (TPSA) is 70.6 Å². The zero-order chi connectivity index (χ0) is 17.7. The maximum atomic E-state index is 12.3. The van der Waals surface area contributed by atoms with Crippen LogP contribution in [0.25, 0.3) is 0 Å². The Morgan fingerprint density at radius 3 is 2.71 bits per heavy atom. The van der Waals surface area contributed by atoms with E-state index in [9.17, 15) is 9.90 Å². The van der Waals surface area contributed by atoms with Crippen molar-refractivity contribution >= 4 is 44.9 Å². The van der Waals surface area contributed by atoms with E-state index in [2.05, 4.69) is 26.6 Å². The van der Waals surface area contributed by atoms with Crippen LogP contribution >= 0.6 is 28.1 Å². The van der Waals surface area contributed by atoms with Gasteiger partial charge in [-0.05, 0) is 77.9 Å². The minimum atomic E-state index is -0.358. The Kier molecular flexibility index (Phi) is 6.16. The average molecular weight is 409 g/mol. The summed E-state index contributed by atoms with van der Waals surface area (Å²) in [6.07, 6.45) is 0. The molecule has 0 atom stereocenters. The molecule has 2 rings (SSSR count). The minimum absolute atomic E-state index is 0.0565. The number of carbonyl (C=O) groups excluding carboxylic acids is 1. The first-order chi connectivity index (χ1) is 11.4. The van der Waals surface area contributed by atoms with Crippen LogP contribution < -0.4 is 15.4 Å². The number of anilines is 1. The highest BCUT2D eigenvalue weighted by Crippen LogP contribution is 2.26. The number of aryl methyl sites for hydroxylation is 1. The zero-order valence-corrected chi connectivity index (χ0v) is 15.6. The molecule has 0 aliphatic rings. The summed E-state index contributed by atoms with van der Waals surface area (Å²) in [6, 6.07) is 10.1. The smallest absolute Gasteiger partial charge is 0.257 e. The molecule has 126 valence electrons. The minimum Gasteiger partial charge on any atom is -0.506 e. The van der Waals surface area contributed by atoms with Gasteiger partial charge in [-0.15, -0.1) is 0 Å². The lowest BCUT2D eigenvalue weighted by Gasteiger charge is -2.12. The predicted molar refractivity (Wildman–Crippen MR) is 102 cm³/mol. The Morgan fingerprint density at radius 2 is 2.04 bits per heavy atom. The normalized spacial score (nSPS) is 10.1. The van der Waals surface area contributed by atoms with Crippen LogP contribution in [0.1, 0.15) is 22.8 Å². The molecule has 0 unspecified atom stereocenters. The summed E-state index contributed by atoms with van der Waals surface area (Å²) in [7, 11) is 0. The van der Waals surface area contributed by atoms with E-state index in [1.165, 1.54) is 0 Å². The van der Waals surface area contributed by atoms with Crippen LogP contribution in [0.15, 0.2) is 40.9 Å². The number of phenols is 1. The number of hydrogen-bond donors (Lipinski definition) is 3. The van der Waals surface area contributed by atoms with Crippen molar-refractivity contribution in [1.29, 1.82) is 0 Å². The largest absolute Gasteiger partial charge is 0.506 e. The van der Waals surface area contributed by atoms with Crippen molar-refractivity contribution in [2.24, 2.45) is 0 Å². The van der Waals surface area contributed by atoms with Crippen LogP contribution in [0, 0.1) is 6.92 Å². The fraction of sp³-hybridized carbons (Fsp3) is 0.176. The number of ether oxygens (including phenoxy) is 1. The highest BCUT2D eigenvalue weighted by Gasteiger charge is 2.12. The second-order valence-corrected chi connectivity index (χ2v) is 6.27. The molecule has 7 heteroatoms. The molecule has 1 amide bonds. The molecule has 0 radical (unpaired) electrons. The Balaban J connectivity index is 2.05. The van der Waals surface area contributed by atoms with E-state index in [1.807, 2.05) is 13.8 Å². The van der Waals surface area contributed by atoms with E-state index in [-0.39, 0.29) is 16.8 Å². The van der Waals surface area contributed by atoms with Crippen LogP contribution in [0.5, 0.6) is 11.5 Å². The number of hydrogen-bond acceptors (Lipinski definition) is 4. The van der Waals surface area contributed by atoms with Gasteiger partial charge in [-0.1, -0.05) is 6.07 Å². The second kappa shape index (κ2) is 8.12. The molecule has 0 saturated carbocycles. The van der Waals surface area contributed by atoms with Crippen molar-refractivity contribution in [2.45, 2.75) is 13.8 Å². The van der Waals surface area contributed by atoms with E-state index in [1.54, 1.807) is 36.4 Å². The Labute approximate surface area is 154 Å². The Hall–Kier alpha value is -2.12. The Bertz CT molecular complexity index is 780. The van der Waals surface area contributed by atoms with Gasteiger partial charge in [-0.2, -0.15) is 0 Å². The zero-order valence-electron chi connectivity index (χ0n) is 13.2. The molecule has 0 aromatic heterocycles. The van der Waals surface area contributed by atoms with Crippen LogP contribution in [-0.2, 0) is 0 Å². The van der Waals surface area contributed by atoms with Gasteiger partial charge in [0.2, 0.25) is 0 Å². The number of rotatable bonds is 4. The van der Waals surface area contributed by atoms with Gasteiger partial charge in [0.1, 0.15) is 11.5 Å². The van der Waals surface area contributed by atoms with Crippen LogP contribution in [0.3, 0.4) is 0 Å². The average Bonchev–Trinajstić information content (AvgIpc) is 2.53. The predicted octanol–water partition coefficient (Wildman–Crippen LogP) is 3.99. The highest BCUT2D eigenvalue weighted by molar-refractivity contribution is 9.10. The molecule has 0 aliphatic heterocycles. The lowest BCUT2D eigenvalue weighted by atomic mass is 10.2. The molecular formula is C17H17BrN2O3S. The Morgan fingerprint density at radius 1 is 1.29 bits per heavy atom. The van der Waals surface area contributed by atoms with E-state index in [4.69, 9.17) is 17.0 Å². The lowest BCUT2D eigenvalue weighted by molar-refractivity contribution is 0.0977. The van der Waals surface area contributed by atoms with Gasteiger partial charge in [0.25, 0.3) is 5.91 Å². The second-order valence-electron chi connectivity index (χ2n) is 5.01. The maximum absolute atomic E-state index is 12.3.